The van der Waals surface area contributed by atoms with Crippen molar-refractivity contribution in [2.45, 2.75) is 37.8 Å². The van der Waals surface area contributed by atoms with Gasteiger partial charge in [-0.1, -0.05) is 0 Å². The molecule has 1 aromatic rings. The van der Waals surface area contributed by atoms with Crippen molar-refractivity contribution in [1.29, 1.82) is 0 Å². The fourth-order valence-corrected chi connectivity index (χ4v) is 2.76. The van der Waals surface area contributed by atoms with Crippen LogP contribution in [0.15, 0.2) is 12.4 Å². The quantitative estimate of drug-likeness (QED) is 0.788. The smallest absolute Gasteiger partial charge is 0.101 e. The maximum atomic E-state index is 4.50. The van der Waals surface area contributed by atoms with Gasteiger partial charge in [-0.05, 0) is 50.3 Å². The van der Waals surface area contributed by atoms with Gasteiger partial charge in [0.1, 0.15) is 6.17 Å². The molecule has 3 rings (SSSR count). The number of aromatic nitrogens is 2. The van der Waals surface area contributed by atoms with Crippen LogP contribution >= 0.6 is 0 Å². The molecule has 2 saturated heterocycles. The summed E-state index contributed by atoms with van der Waals surface area (Å²) in [4.78, 5) is 0. The first-order chi connectivity index (χ1) is 7.93. The van der Waals surface area contributed by atoms with Crippen LogP contribution in [0, 0.1) is 0 Å². The topological polar surface area (TPSA) is 41.9 Å². The Hall–Kier alpha value is -0.870. The van der Waals surface area contributed by atoms with Gasteiger partial charge in [0.15, 0.2) is 0 Å². The van der Waals surface area contributed by atoms with Crippen LogP contribution in [0.4, 0.5) is 0 Å². The zero-order chi connectivity index (χ0) is 10.8. The van der Waals surface area contributed by atoms with E-state index in [0.29, 0.717) is 12.1 Å². The second-order valence-electron chi connectivity index (χ2n) is 4.91. The Morgan fingerprint density at radius 3 is 2.94 bits per heavy atom. The van der Waals surface area contributed by atoms with Crippen molar-refractivity contribution in [2.24, 2.45) is 0 Å². The van der Waals surface area contributed by atoms with Crippen LogP contribution < -0.4 is 10.6 Å². The average Bonchev–Trinajstić information content (AvgIpc) is 3.01. The van der Waals surface area contributed by atoms with Crippen molar-refractivity contribution in [3.8, 4) is 0 Å². The third kappa shape index (κ3) is 1.99. The molecule has 4 heteroatoms. The number of piperidine rings is 1. The highest BCUT2D eigenvalue weighted by atomic mass is 15.4. The van der Waals surface area contributed by atoms with E-state index < -0.39 is 0 Å². The van der Waals surface area contributed by atoms with Gasteiger partial charge in [0.25, 0.3) is 0 Å². The van der Waals surface area contributed by atoms with Gasteiger partial charge in [0, 0.05) is 12.7 Å². The summed E-state index contributed by atoms with van der Waals surface area (Å²) >= 11 is 0. The van der Waals surface area contributed by atoms with E-state index >= 15 is 0 Å². The van der Waals surface area contributed by atoms with E-state index in [-0.39, 0.29) is 0 Å². The minimum Gasteiger partial charge on any atom is -0.316 e. The first-order valence-corrected chi connectivity index (χ1v) is 6.41. The fourth-order valence-electron chi connectivity index (χ4n) is 2.76. The highest BCUT2D eigenvalue weighted by Gasteiger charge is 2.20. The van der Waals surface area contributed by atoms with Crippen molar-refractivity contribution in [3.63, 3.8) is 0 Å². The van der Waals surface area contributed by atoms with Gasteiger partial charge in [-0.2, -0.15) is 5.10 Å². The van der Waals surface area contributed by atoms with Gasteiger partial charge >= 0.3 is 0 Å². The highest BCUT2D eigenvalue weighted by molar-refractivity contribution is 5.13. The lowest BCUT2D eigenvalue weighted by Gasteiger charge is -2.21. The molecular formula is C12H20N4. The maximum Gasteiger partial charge on any atom is 0.101 e. The Labute approximate surface area is 96.4 Å². The van der Waals surface area contributed by atoms with Crippen LogP contribution in [0.3, 0.4) is 0 Å². The molecule has 3 heterocycles. The Kier molecular flexibility index (Phi) is 2.93. The fraction of sp³-hybridized carbons (Fsp3) is 0.750. The molecule has 2 N–H and O–H groups in total. The van der Waals surface area contributed by atoms with E-state index in [9.17, 15) is 0 Å². The molecule has 2 aliphatic heterocycles. The zero-order valence-electron chi connectivity index (χ0n) is 9.65. The predicted molar refractivity (Wildman–Crippen MR) is 63.3 cm³/mol. The van der Waals surface area contributed by atoms with Crippen LogP contribution in [0.1, 0.15) is 43.3 Å². The third-order valence-electron chi connectivity index (χ3n) is 3.74. The number of nitrogens with zero attached hydrogens (tertiary/aromatic N) is 2. The molecule has 2 fully saturated rings. The van der Waals surface area contributed by atoms with E-state index in [1.54, 1.807) is 0 Å². The van der Waals surface area contributed by atoms with Crippen LogP contribution in [0.5, 0.6) is 0 Å². The molecule has 0 amide bonds. The lowest BCUT2D eigenvalue weighted by Crippen LogP contribution is -2.28. The van der Waals surface area contributed by atoms with Gasteiger partial charge in [0.05, 0.1) is 6.20 Å². The molecule has 2 unspecified atom stereocenters. The van der Waals surface area contributed by atoms with E-state index in [1.165, 1.54) is 37.8 Å². The van der Waals surface area contributed by atoms with Crippen molar-refractivity contribution in [1.82, 2.24) is 20.4 Å². The van der Waals surface area contributed by atoms with Crippen LogP contribution in [0.25, 0.3) is 0 Å². The van der Waals surface area contributed by atoms with Gasteiger partial charge in [-0.15, -0.1) is 0 Å². The first kappa shape index (κ1) is 10.3. The van der Waals surface area contributed by atoms with Crippen molar-refractivity contribution >= 4 is 0 Å². The van der Waals surface area contributed by atoms with E-state index in [4.69, 9.17) is 0 Å². The lowest BCUT2D eigenvalue weighted by molar-refractivity contribution is 0.422. The molecule has 0 spiro atoms. The Bertz CT molecular complexity index is 335. The highest BCUT2D eigenvalue weighted by Crippen LogP contribution is 2.24. The summed E-state index contributed by atoms with van der Waals surface area (Å²) in [6.07, 6.45) is 9.80. The molecule has 16 heavy (non-hydrogen) atoms. The Morgan fingerprint density at radius 1 is 1.25 bits per heavy atom. The summed E-state index contributed by atoms with van der Waals surface area (Å²) < 4.78 is 2.11. The Balaban J connectivity index is 1.71. The lowest BCUT2D eigenvalue weighted by atomic mass is 9.94. The second-order valence-corrected chi connectivity index (χ2v) is 4.91. The number of rotatable bonds is 2. The first-order valence-electron chi connectivity index (χ1n) is 6.41. The minimum absolute atomic E-state index is 0.435. The van der Waals surface area contributed by atoms with Crippen molar-refractivity contribution in [2.75, 3.05) is 19.6 Å². The van der Waals surface area contributed by atoms with Gasteiger partial charge in [-0.25, -0.2) is 0 Å². The molecule has 0 aliphatic carbocycles. The van der Waals surface area contributed by atoms with Gasteiger partial charge in [-0.3, -0.25) is 10.00 Å². The van der Waals surface area contributed by atoms with Gasteiger partial charge in [0.2, 0.25) is 0 Å². The van der Waals surface area contributed by atoms with Gasteiger partial charge < -0.3 is 5.32 Å². The summed E-state index contributed by atoms with van der Waals surface area (Å²) in [5, 5.41) is 11.4. The molecule has 0 saturated carbocycles. The molecule has 0 bridgehead atoms. The van der Waals surface area contributed by atoms with E-state index in [1.807, 2.05) is 0 Å². The van der Waals surface area contributed by atoms with Crippen molar-refractivity contribution in [3.05, 3.63) is 18.0 Å². The summed E-state index contributed by atoms with van der Waals surface area (Å²) in [5.74, 6) is 0.670. The molecule has 0 radical (unpaired) electrons. The standard InChI is InChI=1S/C12H20N4/c1-3-10(7-13-5-1)11-8-15-16(9-11)12-4-2-6-14-12/h8-10,12-14H,1-7H2. The summed E-state index contributed by atoms with van der Waals surface area (Å²) in [6, 6.07) is 0. The predicted octanol–water partition coefficient (Wildman–Crippen LogP) is 1.23. The number of hydrogen-bond acceptors (Lipinski definition) is 3. The maximum absolute atomic E-state index is 4.50. The molecule has 4 nitrogen and oxygen atoms in total. The monoisotopic (exact) mass is 220 g/mol. The van der Waals surface area contributed by atoms with Crippen LogP contribution in [0.2, 0.25) is 0 Å². The van der Waals surface area contributed by atoms with Crippen molar-refractivity contribution < 1.29 is 0 Å². The molecule has 1 aromatic heterocycles. The molecule has 88 valence electrons. The average molecular weight is 220 g/mol. The minimum atomic E-state index is 0.435. The summed E-state index contributed by atoms with van der Waals surface area (Å²) in [6.45, 7) is 3.42. The normalized spacial score (nSPS) is 30.8. The van der Waals surface area contributed by atoms with E-state index in [0.717, 1.165) is 13.1 Å². The SMILES string of the molecule is c1nn(C2CCCN2)cc1C1CCCNC1. The summed E-state index contributed by atoms with van der Waals surface area (Å²) in [5.41, 5.74) is 1.40. The largest absolute Gasteiger partial charge is 0.316 e. The molecule has 0 aromatic carbocycles. The second kappa shape index (κ2) is 4.55. The molecule has 2 aliphatic rings. The Morgan fingerprint density at radius 2 is 2.19 bits per heavy atom. The van der Waals surface area contributed by atoms with E-state index in [2.05, 4.69) is 32.8 Å². The number of hydrogen-bond donors (Lipinski definition) is 2. The third-order valence-corrected chi connectivity index (χ3v) is 3.74. The zero-order valence-corrected chi connectivity index (χ0v) is 9.65. The summed E-state index contributed by atoms with van der Waals surface area (Å²) in [7, 11) is 0. The molecule has 2 atom stereocenters. The van der Waals surface area contributed by atoms with Crippen LogP contribution in [-0.4, -0.2) is 29.4 Å². The molecular weight excluding hydrogens is 200 g/mol. The van der Waals surface area contributed by atoms with Crippen LogP contribution in [-0.2, 0) is 0 Å². The number of nitrogens with one attached hydrogen (secondary N) is 2.